The van der Waals surface area contributed by atoms with Gasteiger partial charge in [0.25, 0.3) is 0 Å². The van der Waals surface area contributed by atoms with Crippen LogP contribution in [0.3, 0.4) is 0 Å². The summed E-state index contributed by atoms with van der Waals surface area (Å²) in [6.45, 7) is 1.66. The first-order valence-electron chi connectivity index (χ1n) is 8.03. The normalized spacial score (nSPS) is 25.9. The van der Waals surface area contributed by atoms with Crippen LogP contribution in [0.25, 0.3) is 11.0 Å². The summed E-state index contributed by atoms with van der Waals surface area (Å²) in [5.41, 5.74) is 0.0514. The Kier molecular flexibility index (Phi) is 10.2. The molecule has 0 radical (unpaired) electrons. The van der Waals surface area contributed by atoms with Crippen molar-refractivity contribution in [2.24, 2.45) is 0 Å². The van der Waals surface area contributed by atoms with Crippen molar-refractivity contribution in [1.29, 1.82) is 0 Å². The Bertz CT molecular complexity index is 1100. The molecule has 1 saturated heterocycles. The summed E-state index contributed by atoms with van der Waals surface area (Å²) >= 11 is 0. The molecule has 158 valence electrons. The molecule has 1 aliphatic rings. The van der Waals surface area contributed by atoms with Crippen molar-refractivity contribution >= 4 is 27.3 Å². The van der Waals surface area contributed by atoms with Gasteiger partial charge in [0.2, 0.25) is 6.29 Å². The van der Waals surface area contributed by atoms with Crippen LogP contribution in [0, 0.1) is 6.92 Å². The van der Waals surface area contributed by atoms with Crippen LogP contribution >= 0.6 is 0 Å². The van der Waals surface area contributed by atoms with E-state index in [4.69, 9.17) is 18.4 Å². The third-order valence-corrected chi connectivity index (χ3v) is 4.63. The van der Waals surface area contributed by atoms with Crippen LogP contribution < -0.4 is 79.7 Å². The Morgan fingerprint density at radius 2 is 1.87 bits per heavy atom. The van der Waals surface area contributed by atoms with Crippen LogP contribution in [0.4, 0.5) is 0 Å². The quantitative estimate of drug-likeness (QED) is 0.235. The number of fused-ring (bicyclic) bond motifs is 1. The predicted molar refractivity (Wildman–Crippen MR) is 87.7 cm³/mol. The minimum absolute atomic E-state index is 0. The topological polar surface area (TPSA) is 196 Å². The number of aliphatic hydroxyl groups excluding tert-OH is 1. The molecule has 0 amide bonds. The smallest absolute Gasteiger partial charge is 0.848 e. The van der Waals surface area contributed by atoms with E-state index in [9.17, 15) is 33.3 Å². The first-order valence-corrected chi connectivity index (χ1v) is 9.40. The van der Waals surface area contributed by atoms with Crippen LogP contribution in [0.5, 0.6) is 5.75 Å². The van der Waals surface area contributed by atoms with Gasteiger partial charge in [-0.2, -0.15) is 8.42 Å². The monoisotopic (exact) mass is 476 g/mol. The number of carbonyl (C=O) groups is 1. The number of aryl methyl sites for hydroxylation is 1. The predicted octanol–water partition coefficient (Wildman–Crippen LogP) is -8.76. The van der Waals surface area contributed by atoms with Gasteiger partial charge in [-0.1, -0.05) is 6.10 Å². The van der Waals surface area contributed by atoms with E-state index in [1.54, 1.807) is 6.92 Å². The molecule has 0 unspecified atom stereocenters. The van der Waals surface area contributed by atoms with Crippen LogP contribution in [0.15, 0.2) is 33.5 Å². The van der Waals surface area contributed by atoms with Gasteiger partial charge >= 0.3 is 75.1 Å². The van der Waals surface area contributed by atoms with Crippen LogP contribution in [-0.4, -0.2) is 54.8 Å². The molecule has 12 nitrogen and oxygen atoms in total. The number of hydrogen-bond donors (Lipinski definition) is 2. The van der Waals surface area contributed by atoms with E-state index in [1.807, 2.05) is 0 Å². The molecule has 2 heterocycles. The van der Waals surface area contributed by atoms with Gasteiger partial charge in [-0.25, -0.2) is 8.98 Å². The molecule has 0 spiro atoms. The van der Waals surface area contributed by atoms with Gasteiger partial charge in [-0.3, -0.25) is 4.55 Å². The van der Waals surface area contributed by atoms with Crippen molar-refractivity contribution in [3.63, 3.8) is 0 Å². The molecule has 0 bridgehead atoms. The van der Waals surface area contributed by atoms with E-state index in [-0.39, 0.29) is 70.4 Å². The average Bonchev–Trinajstić information content (AvgIpc) is 2.59. The molecule has 5 atom stereocenters. The zero-order valence-electron chi connectivity index (χ0n) is 16.6. The average molecular weight is 476 g/mol. The summed E-state index contributed by atoms with van der Waals surface area (Å²) in [6.07, 6.45) is -10.9. The van der Waals surface area contributed by atoms with Crippen LogP contribution in [0.2, 0.25) is 0 Å². The maximum atomic E-state index is 11.9. The summed E-state index contributed by atoms with van der Waals surface area (Å²) in [5, 5.41) is 33.6. The zero-order chi connectivity index (χ0) is 21.5. The van der Waals surface area contributed by atoms with Crippen LogP contribution in [-0.2, 0) is 24.1 Å². The molecule has 3 rings (SSSR count). The molecule has 0 saturated carbocycles. The maximum Gasteiger partial charge on any atom is 1.00 e. The standard InChI is InChI=1S/C16H15O12S.2Na/c1-6-4-10(17)26-9-5-7(2-3-8(6)9)25-16-14(28-29(22,23)24)12(19)11(18)13(27-16)15(20)21;;/h2-5,11-14,16,19H,1H3,(H,20,21)(H,22,23,24);;/q-1;2*+1/p-1/t11-,12-,13+,14+,16+;;/m0../s1. The Morgan fingerprint density at radius 1 is 1.23 bits per heavy atom. The summed E-state index contributed by atoms with van der Waals surface area (Å²) in [5.74, 6) is -2.07. The molecule has 2 aromatic rings. The van der Waals surface area contributed by atoms with Gasteiger partial charge in [0.05, 0.1) is 18.2 Å². The largest absolute Gasteiger partial charge is 1.00 e. The van der Waals surface area contributed by atoms with Gasteiger partial charge in [-0.15, -0.1) is 0 Å². The van der Waals surface area contributed by atoms with E-state index in [1.165, 1.54) is 24.3 Å². The fraction of sp³-hybridized carbons (Fsp3) is 0.375. The number of carboxylic acid groups (broad SMARTS) is 1. The fourth-order valence-corrected chi connectivity index (χ4v) is 3.35. The van der Waals surface area contributed by atoms with Gasteiger partial charge < -0.3 is 34.0 Å². The minimum Gasteiger partial charge on any atom is -0.848 e. The molecular formula is C16H14Na2O12S. The van der Waals surface area contributed by atoms with Crippen LogP contribution in [0.1, 0.15) is 5.56 Å². The van der Waals surface area contributed by atoms with Crippen molar-refractivity contribution in [3.05, 3.63) is 40.2 Å². The first kappa shape index (κ1) is 28.5. The van der Waals surface area contributed by atoms with Crippen molar-refractivity contribution in [3.8, 4) is 5.75 Å². The molecule has 15 heteroatoms. The Balaban J connectivity index is 0.00000240. The second-order valence-corrected chi connectivity index (χ2v) is 7.26. The number of ether oxygens (including phenoxy) is 2. The molecule has 1 aliphatic heterocycles. The van der Waals surface area contributed by atoms with Crippen molar-refractivity contribution < 1.29 is 110 Å². The maximum absolute atomic E-state index is 11.9. The second-order valence-electron chi connectivity index (χ2n) is 6.21. The van der Waals surface area contributed by atoms with E-state index in [0.29, 0.717) is 10.9 Å². The number of aliphatic carboxylic acids is 1. The summed E-state index contributed by atoms with van der Waals surface area (Å²) in [6, 6.07) is 5.33. The number of benzene rings is 1. The van der Waals surface area contributed by atoms with Gasteiger partial charge in [-0.05, 0) is 24.6 Å². The molecule has 0 aliphatic carbocycles. The zero-order valence-corrected chi connectivity index (χ0v) is 21.4. The molecule has 2 N–H and O–H groups in total. The van der Waals surface area contributed by atoms with Crippen molar-refractivity contribution in [1.82, 2.24) is 0 Å². The second kappa shape index (κ2) is 11.0. The number of aliphatic hydroxyl groups is 1. The fourth-order valence-electron chi connectivity index (χ4n) is 2.87. The summed E-state index contributed by atoms with van der Waals surface area (Å²) in [7, 11) is -5.17. The van der Waals surface area contributed by atoms with E-state index >= 15 is 0 Å². The Hall–Kier alpha value is -0.550. The van der Waals surface area contributed by atoms with E-state index < -0.39 is 52.7 Å². The van der Waals surface area contributed by atoms with E-state index in [0.717, 1.165) is 0 Å². The van der Waals surface area contributed by atoms with Gasteiger partial charge in [0.1, 0.15) is 11.3 Å². The molecule has 1 aromatic heterocycles. The summed E-state index contributed by atoms with van der Waals surface area (Å²) < 4.78 is 50.5. The van der Waals surface area contributed by atoms with Crippen molar-refractivity contribution in [2.75, 3.05) is 0 Å². The van der Waals surface area contributed by atoms with Gasteiger partial charge in [0, 0.05) is 17.5 Å². The molecule has 1 fully saturated rings. The van der Waals surface area contributed by atoms with E-state index in [2.05, 4.69) is 4.18 Å². The number of carbonyl (C=O) groups excluding carboxylic acids is 1. The Morgan fingerprint density at radius 3 is 2.45 bits per heavy atom. The number of hydrogen-bond acceptors (Lipinski definition) is 11. The third-order valence-electron chi connectivity index (χ3n) is 4.16. The molecule has 31 heavy (non-hydrogen) atoms. The number of carboxylic acids is 1. The Labute approximate surface area is 219 Å². The molecular weight excluding hydrogens is 462 g/mol. The summed E-state index contributed by atoms with van der Waals surface area (Å²) in [4.78, 5) is 22.6. The number of rotatable bonds is 5. The minimum atomic E-state index is -5.17. The third kappa shape index (κ3) is 6.72. The molecule has 1 aromatic carbocycles. The first-order chi connectivity index (χ1) is 13.5. The SMILES string of the molecule is Cc1cc(=O)oc2cc(O[C@@H]3O[C@@H](C(=O)[O-])[C@@H]([O-])[C@H](O)[C@H]3OS(=O)(=O)O)ccc12.[Na+].[Na+]. The van der Waals surface area contributed by atoms with Gasteiger partial charge in [0.15, 0.2) is 6.10 Å². The van der Waals surface area contributed by atoms with Crippen molar-refractivity contribution in [2.45, 2.75) is 37.6 Å².